The van der Waals surface area contributed by atoms with Crippen molar-refractivity contribution >= 4 is 56.2 Å². The molecule has 2 heterocycles. The highest BCUT2D eigenvalue weighted by molar-refractivity contribution is 9.10. The van der Waals surface area contributed by atoms with Crippen LogP contribution < -0.4 is 0 Å². The molecule has 0 atom stereocenters. The van der Waals surface area contributed by atoms with E-state index in [1.165, 1.54) is 23.9 Å². The minimum Gasteiger partial charge on any atom is -0.457 e. The molecule has 0 unspecified atom stereocenters. The summed E-state index contributed by atoms with van der Waals surface area (Å²) in [4.78, 5) is 30.3. The zero-order valence-electron chi connectivity index (χ0n) is 17.0. The van der Waals surface area contributed by atoms with Gasteiger partial charge in [0.15, 0.2) is 5.17 Å². The van der Waals surface area contributed by atoms with Gasteiger partial charge in [-0.2, -0.15) is 0 Å². The van der Waals surface area contributed by atoms with Gasteiger partial charge in [0.2, 0.25) is 0 Å². The summed E-state index contributed by atoms with van der Waals surface area (Å²) in [6.07, 6.45) is 2.51. The third-order valence-electron chi connectivity index (χ3n) is 4.65. The summed E-state index contributed by atoms with van der Waals surface area (Å²) in [5.41, 5.74) is 1.46. The average Bonchev–Trinajstić information content (AvgIpc) is 3.35. The molecule has 0 bridgehead atoms. The Hall–Kier alpha value is -3.17. The van der Waals surface area contributed by atoms with Gasteiger partial charge in [0.1, 0.15) is 11.5 Å². The van der Waals surface area contributed by atoms with Crippen LogP contribution in [0.15, 0.2) is 79.5 Å². The summed E-state index contributed by atoms with van der Waals surface area (Å²) in [6.45, 7) is 2.59. The molecule has 1 aliphatic heterocycles. The maximum absolute atomic E-state index is 13.0. The van der Waals surface area contributed by atoms with Crippen LogP contribution in [0.1, 0.15) is 19.1 Å². The van der Waals surface area contributed by atoms with Gasteiger partial charge in [-0.05, 0) is 64.4 Å². The number of furan rings is 1. The van der Waals surface area contributed by atoms with Gasteiger partial charge in [-0.25, -0.2) is 4.99 Å². The SMILES string of the molecule is CCCN1C(=O)/C(=C\c2ccc(-c3ccc([N+](=O)[O-])cc3Br)o2)SC1=Nc1ccccc1. The maximum atomic E-state index is 13.0. The number of amides is 1. The number of hydrogen-bond acceptors (Lipinski definition) is 6. The van der Waals surface area contributed by atoms with Crippen molar-refractivity contribution in [2.24, 2.45) is 4.99 Å². The second kappa shape index (κ2) is 9.54. The molecule has 3 aromatic rings. The van der Waals surface area contributed by atoms with Crippen molar-refractivity contribution in [1.29, 1.82) is 0 Å². The first-order chi connectivity index (χ1) is 15.5. The van der Waals surface area contributed by atoms with Gasteiger partial charge >= 0.3 is 0 Å². The van der Waals surface area contributed by atoms with E-state index in [1.807, 2.05) is 37.3 Å². The van der Waals surface area contributed by atoms with Gasteiger partial charge in [-0.3, -0.25) is 19.8 Å². The number of nitro groups is 1. The molecule has 1 aliphatic rings. The van der Waals surface area contributed by atoms with Gasteiger partial charge in [0.25, 0.3) is 11.6 Å². The first kappa shape index (κ1) is 22.0. The van der Waals surface area contributed by atoms with Gasteiger partial charge in [-0.1, -0.05) is 25.1 Å². The molecule has 4 rings (SSSR count). The summed E-state index contributed by atoms with van der Waals surface area (Å²) in [5.74, 6) is 0.942. The predicted molar refractivity (Wildman–Crippen MR) is 130 cm³/mol. The van der Waals surface area contributed by atoms with Crippen molar-refractivity contribution in [3.63, 3.8) is 0 Å². The Labute approximate surface area is 197 Å². The molecule has 1 saturated heterocycles. The third kappa shape index (κ3) is 4.68. The van der Waals surface area contributed by atoms with Crippen LogP contribution in [0.4, 0.5) is 11.4 Å². The molecule has 162 valence electrons. The molecule has 1 fully saturated rings. The lowest BCUT2D eigenvalue weighted by atomic mass is 10.1. The number of non-ortho nitro benzene ring substituents is 1. The second-order valence-corrected chi connectivity index (χ2v) is 8.78. The van der Waals surface area contributed by atoms with E-state index in [4.69, 9.17) is 4.42 Å². The number of rotatable bonds is 6. The summed E-state index contributed by atoms with van der Waals surface area (Å²) >= 11 is 4.68. The normalized spacial score (nSPS) is 16.3. The Morgan fingerprint density at radius 3 is 2.66 bits per heavy atom. The smallest absolute Gasteiger partial charge is 0.270 e. The highest BCUT2D eigenvalue weighted by atomic mass is 79.9. The van der Waals surface area contributed by atoms with Gasteiger partial charge in [-0.15, -0.1) is 0 Å². The van der Waals surface area contributed by atoms with E-state index in [-0.39, 0.29) is 11.6 Å². The molecule has 1 aromatic heterocycles. The number of hydrogen-bond donors (Lipinski definition) is 0. The van der Waals surface area contributed by atoms with Gasteiger partial charge in [0, 0.05) is 34.8 Å². The molecular formula is C23H18BrN3O4S. The Balaban J connectivity index is 1.62. The van der Waals surface area contributed by atoms with Crippen LogP contribution in [0.5, 0.6) is 0 Å². The number of nitrogens with zero attached hydrogens (tertiary/aromatic N) is 3. The monoisotopic (exact) mass is 511 g/mol. The van der Waals surface area contributed by atoms with E-state index in [9.17, 15) is 14.9 Å². The molecule has 0 saturated carbocycles. The highest BCUT2D eigenvalue weighted by Gasteiger charge is 2.33. The summed E-state index contributed by atoms with van der Waals surface area (Å²) in [7, 11) is 0. The first-order valence-electron chi connectivity index (χ1n) is 9.85. The fourth-order valence-electron chi connectivity index (χ4n) is 3.15. The number of aliphatic imine (C=N–C) groups is 1. The van der Waals surface area contributed by atoms with E-state index >= 15 is 0 Å². The van der Waals surface area contributed by atoms with Crippen LogP contribution in [0.2, 0.25) is 0 Å². The van der Waals surface area contributed by atoms with E-state index in [0.717, 1.165) is 12.1 Å². The fraction of sp³-hybridized carbons (Fsp3) is 0.130. The molecule has 9 heteroatoms. The Morgan fingerprint density at radius 1 is 1.19 bits per heavy atom. The molecule has 1 amide bonds. The molecule has 32 heavy (non-hydrogen) atoms. The average molecular weight is 512 g/mol. The lowest BCUT2D eigenvalue weighted by molar-refractivity contribution is -0.384. The number of carbonyl (C=O) groups excluding carboxylic acids is 1. The van der Waals surface area contributed by atoms with Crippen molar-refractivity contribution in [1.82, 2.24) is 4.90 Å². The molecule has 0 spiro atoms. The van der Waals surface area contributed by atoms with Crippen LogP contribution in [-0.4, -0.2) is 27.4 Å². The van der Waals surface area contributed by atoms with Crippen molar-refractivity contribution in [2.75, 3.05) is 6.54 Å². The van der Waals surface area contributed by atoms with E-state index in [1.54, 1.807) is 29.2 Å². The topological polar surface area (TPSA) is 89.0 Å². The van der Waals surface area contributed by atoms with Gasteiger partial charge < -0.3 is 4.42 Å². The molecule has 0 N–H and O–H groups in total. The van der Waals surface area contributed by atoms with Crippen LogP contribution in [0.3, 0.4) is 0 Å². The van der Waals surface area contributed by atoms with Crippen molar-refractivity contribution in [2.45, 2.75) is 13.3 Å². The fourth-order valence-corrected chi connectivity index (χ4v) is 4.71. The van der Waals surface area contributed by atoms with Crippen LogP contribution in [-0.2, 0) is 4.79 Å². The number of amidine groups is 1. The maximum Gasteiger partial charge on any atom is 0.270 e. The van der Waals surface area contributed by atoms with E-state index in [0.29, 0.717) is 38.2 Å². The largest absolute Gasteiger partial charge is 0.457 e. The Morgan fingerprint density at radius 2 is 1.97 bits per heavy atom. The van der Waals surface area contributed by atoms with Crippen LogP contribution >= 0.6 is 27.7 Å². The summed E-state index contributed by atoms with van der Waals surface area (Å²) in [5, 5.41) is 11.6. The number of nitro benzene ring substituents is 1. The summed E-state index contributed by atoms with van der Waals surface area (Å²) < 4.78 is 6.46. The summed E-state index contributed by atoms with van der Waals surface area (Å²) in [6, 6.07) is 17.5. The number of para-hydroxylation sites is 1. The molecule has 0 radical (unpaired) electrons. The number of carbonyl (C=O) groups is 1. The van der Waals surface area contributed by atoms with Crippen molar-refractivity contribution in [3.8, 4) is 11.3 Å². The van der Waals surface area contributed by atoms with Crippen LogP contribution in [0.25, 0.3) is 17.4 Å². The van der Waals surface area contributed by atoms with Crippen molar-refractivity contribution < 1.29 is 14.1 Å². The number of benzene rings is 2. The molecule has 0 aliphatic carbocycles. The third-order valence-corrected chi connectivity index (χ3v) is 6.31. The molecular weight excluding hydrogens is 494 g/mol. The lowest BCUT2D eigenvalue weighted by Gasteiger charge is -2.13. The molecule has 2 aromatic carbocycles. The lowest BCUT2D eigenvalue weighted by Crippen LogP contribution is -2.29. The quantitative estimate of drug-likeness (QED) is 0.210. The number of thioether (sulfide) groups is 1. The van der Waals surface area contributed by atoms with E-state index < -0.39 is 4.92 Å². The standard InChI is InChI=1S/C23H18BrN3O4S/c1-2-12-26-22(28)21(32-23(26)25-15-6-4-3-5-7-15)14-17-9-11-20(31-17)18-10-8-16(27(29)30)13-19(18)24/h3-11,13-14H,2,12H2,1H3/b21-14+,25-23?. The first-order valence-corrected chi connectivity index (χ1v) is 11.5. The predicted octanol–water partition coefficient (Wildman–Crippen LogP) is 6.63. The number of halogens is 1. The Bertz CT molecular complexity index is 1240. The zero-order chi connectivity index (χ0) is 22.7. The van der Waals surface area contributed by atoms with Crippen molar-refractivity contribution in [3.05, 3.63) is 85.9 Å². The minimum atomic E-state index is -0.452. The van der Waals surface area contributed by atoms with Crippen LogP contribution in [0, 0.1) is 10.1 Å². The van der Waals surface area contributed by atoms with Gasteiger partial charge in [0.05, 0.1) is 15.5 Å². The van der Waals surface area contributed by atoms with E-state index in [2.05, 4.69) is 20.9 Å². The second-order valence-electron chi connectivity index (χ2n) is 6.92. The molecule has 7 nitrogen and oxygen atoms in total. The zero-order valence-corrected chi connectivity index (χ0v) is 19.4. The minimum absolute atomic E-state index is 0.0104. The Kier molecular flexibility index (Phi) is 6.57. The highest BCUT2D eigenvalue weighted by Crippen LogP contribution is 2.36.